The first kappa shape index (κ1) is 7.90. The molecule has 2 rings (SSSR count). The summed E-state index contributed by atoms with van der Waals surface area (Å²) in [6.07, 6.45) is 1.35. The number of fused-ring (bicyclic) bond motifs is 1. The van der Waals surface area contributed by atoms with Crippen LogP contribution in [0.1, 0.15) is 6.42 Å². The third-order valence-electron chi connectivity index (χ3n) is 2.58. The van der Waals surface area contributed by atoms with Crippen LogP contribution in [-0.2, 0) is 0 Å². The van der Waals surface area contributed by atoms with Crippen LogP contribution in [0.5, 0.6) is 0 Å². The molecule has 3 heteroatoms. The first-order valence-electron chi connectivity index (χ1n) is 4.49. The van der Waals surface area contributed by atoms with E-state index in [0.29, 0.717) is 0 Å². The highest BCUT2D eigenvalue weighted by atomic mass is 32.2. The van der Waals surface area contributed by atoms with Gasteiger partial charge in [-0.05, 0) is 13.0 Å². The molecule has 0 aliphatic carbocycles. The Kier molecular flexibility index (Phi) is 2.72. The van der Waals surface area contributed by atoms with Crippen LogP contribution in [0.2, 0.25) is 0 Å². The molecule has 0 bridgehead atoms. The van der Waals surface area contributed by atoms with Crippen LogP contribution in [0.4, 0.5) is 0 Å². The van der Waals surface area contributed by atoms with Gasteiger partial charge in [0.25, 0.3) is 0 Å². The highest BCUT2D eigenvalue weighted by Gasteiger charge is 2.23. The van der Waals surface area contributed by atoms with Gasteiger partial charge in [-0.25, -0.2) is 0 Å². The molecule has 2 fully saturated rings. The minimum Gasteiger partial charge on any atom is -0.315 e. The number of rotatable bonds is 0. The SMILES string of the molecule is C1CC2CSCCN2CCN1. The van der Waals surface area contributed by atoms with Crippen molar-refractivity contribution in [3.05, 3.63) is 0 Å². The van der Waals surface area contributed by atoms with Crippen molar-refractivity contribution in [2.24, 2.45) is 0 Å². The lowest BCUT2D eigenvalue weighted by molar-refractivity contribution is 0.231. The van der Waals surface area contributed by atoms with Crippen LogP contribution >= 0.6 is 11.8 Å². The summed E-state index contributed by atoms with van der Waals surface area (Å²) < 4.78 is 0. The fourth-order valence-corrected chi connectivity index (χ4v) is 3.05. The average molecular weight is 172 g/mol. The number of nitrogens with one attached hydrogen (secondary N) is 1. The summed E-state index contributed by atoms with van der Waals surface area (Å²) >= 11 is 2.12. The first-order chi connectivity index (χ1) is 5.47. The normalized spacial score (nSPS) is 34.4. The maximum atomic E-state index is 3.45. The fraction of sp³-hybridized carbons (Fsp3) is 1.00. The molecule has 2 nitrogen and oxygen atoms in total. The van der Waals surface area contributed by atoms with Gasteiger partial charge in [-0.1, -0.05) is 0 Å². The van der Waals surface area contributed by atoms with Crippen molar-refractivity contribution in [3.63, 3.8) is 0 Å². The fourth-order valence-electron chi connectivity index (χ4n) is 1.87. The molecule has 0 radical (unpaired) electrons. The van der Waals surface area contributed by atoms with Gasteiger partial charge in [0.05, 0.1) is 0 Å². The second-order valence-electron chi connectivity index (χ2n) is 3.30. The Balaban J connectivity index is 1.93. The summed E-state index contributed by atoms with van der Waals surface area (Å²) in [5, 5.41) is 3.45. The Labute approximate surface area is 72.7 Å². The van der Waals surface area contributed by atoms with Gasteiger partial charge < -0.3 is 5.32 Å². The number of thioether (sulfide) groups is 1. The van der Waals surface area contributed by atoms with Gasteiger partial charge in [-0.3, -0.25) is 4.90 Å². The molecule has 2 aliphatic heterocycles. The molecule has 0 saturated carbocycles. The van der Waals surface area contributed by atoms with E-state index >= 15 is 0 Å². The summed E-state index contributed by atoms with van der Waals surface area (Å²) in [7, 11) is 0. The summed E-state index contributed by atoms with van der Waals surface area (Å²) in [5.74, 6) is 2.71. The predicted octanol–water partition coefficient (Wildman–Crippen LogP) is 0.397. The lowest BCUT2D eigenvalue weighted by Crippen LogP contribution is -2.42. The number of hydrogen-bond donors (Lipinski definition) is 1. The van der Waals surface area contributed by atoms with Gasteiger partial charge >= 0.3 is 0 Å². The summed E-state index contributed by atoms with van der Waals surface area (Å²) in [6.45, 7) is 5.01. The van der Waals surface area contributed by atoms with Crippen molar-refractivity contribution in [1.82, 2.24) is 10.2 Å². The van der Waals surface area contributed by atoms with Gasteiger partial charge in [-0.2, -0.15) is 11.8 Å². The van der Waals surface area contributed by atoms with Crippen LogP contribution in [-0.4, -0.2) is 48.6 Å². The molecule has 0 aromatic heterocycles. The molecule has 1 atom stereocenters. The Morgan fingerprint density at radius 2 is 2.27 bits per heavy atom. The highest BCUT2D eigenvalue weighted by Crippen LogP contribution is 2.18. The maximum absolute atomic E-state index is 3.45. The zero-order valence-electron chi connectivity index (χ0n) is 6.88. The van der Waals surface area contributed by atoms with E-state index in [0.717, 1.165) is 6.04 Å². The van der Waals surface area contributed by atoms with Crippen molar-refractivity contribution < 1.29 is 0 Å². The van der Waals surface area contributed by atoms with Crippen LogP contribution < -0.4 is 5.32 Å². The van der Waals surface area contributed by atoms with Crippen LogP contribution in [0.15, 0.2) is 0 Å². The maximum Gasteiger partial charge on any atom is 0.0199 e. The third kappa shape index (κ3) is 1.89. The molecular weight excluding hydrogens is 156 g/mol. The van der Waals surface area contributed by atoms with Crippen molar-refractivity contribution in [3.8, 4) is 0 Å². The highest BCUT2D eigenvalue weighted by molar-refractivity contribution is 7.99. The molecule has 2 heterocycles. The minimum absolute atomic E-state index is 0.878. The number of hydrogen-bond acceptors (Lipinski definition) is 3. The summed E-state index contributed by atoms with van der Waals surface area (Å²) in [6, 6.07) is 0.878. The van der Waals surface area contributed by atoms with E-state index < -0.39 is 0 Å². The largest absolute Gasteiger partial charge is 0.315 e. The van der Waals surface area contributed by atoms with E-state index in [-0.39, 0.29) is 0 Å². The third-order valence-corrected chi connectivity index (χ3v) is 3.67. The predicted molar refractivity (Wildman–Crippen MR) is 50.2 cm³/mol. The van der Waals surface area contributed by atoms with Crippen molar-refractivity contribution in [1.29, 1.82) is 0 Å². The molecule has 0 aromatic rings. The molecule has 2 saturated heterocycles. The second kappa shape index (κ2) is 3.78. The van der Waals surface area contributed by atoms with Crippen molar-refractivity contribution >= 4 is 11.8 Å². The molecule has 0 spiro atoms. The smallest absolute Gasteiger partial charge is 0.0199 e. The van der Waals surface area contributed by atoms with Gasteiger partial charge in [0.15, 0.2) is 0 Å². The van der Waals surface area contributed by atoms with E-state index in [1.165, 1.54) is 44.1 Å². The second-order valence-corrected chi connectivity index (χ2v) is 4.45. The molecule has 2 aliphatic rings. The van der Waals surface area contributed by atoms with E-state index in [1.807, 2.05) is 0 Å². The van der Waals surface area contributed by atoms with Crippen LogP contribution in [0.25, 0.3) is 0 Å². The molecule has 1 N–H and O–H groups in total. The number of nitrogens with zero attached hydrogens (tertiary/aromatic N) is 1. The molecule has 0 aromatic carbocycles. The topological polar surface area (TPSA) is 15.3 Å². The Morgan fingerprint density at radius 1 is 1.27 bits per heavy atom. The van der Waals surface area contributed by atoms with Gasteiger partial charge in [0.2, 0.25) is 0 Å². The molecule has 1 unspecified atom stereocenters. The van der Waals surface area contributed by atoms with E-state index in [4.69, 9.17) is 0 Å². The Morgan fingerprint density at radius 3 is 3.27 bits per heavy atom. The summed E-state index contributed by atoms with van der Waals surface area (Å²) in [4.78, 5) is 2.65. The van der Waals surface area contributed by atoms with E-state index in [9.17, 15) is 0 Å². The van der Waals surface area contributed by atoms with Gasteiger partial charge in [-0.15, -0.1) is 0 Å². The molecular formula is C8H16N2S. The van der Waals surface area contributed by atoms with Crippen molar-refractivity contribution in [2.75, 3.05) is 37.7 Å². The quantitative estimate of drug-likeness (QED) is 0.569. The monoisotopic (exact) mass is 172 g/mol. The van der Waals surface area contributed by atoms with E-state index in [1.54, 1.807) is 0 Å². The van der Waals surface area contributed by atoms with Gasteiger partial charge in [0.1, 0.15) is 0 Å². The van der Waals surface area contributed by atoms with E-state index in [2.05, 4.69) is 22.0 Å². The molecule has 64 valence electrons. The van der Waals surface area contributed by atoms with Crippen LogP contribution in [0.3, 0.4) is 0 Å². The lowest BCUT2D eigenvalue weighted by atomic mass is 10.2. The first-order valence-corrected chi connectivity index (χ1v) is 5.65. The molecule has 0 amide bonds. The van der Waals surface area contributed by atoms with Crippen LogP contribution in [0, 0.1) is 0 Å². The molecule has 11 heavy (non-hydrogen) atoms. The average Bonchev–Trinajstić information content (AvgIpc) is 2.28. The summed E-state index contributed by atoms with van der Waals surface area (Å²) in [5.41, 5.74) is 0. The minimum atomic E-state index is 0.878. The lowest BCUT2D eigenvalue weighted by Gasteiger charge is -2.33. The van der Waals surface area contributed by atoms with Gasteiger partial charge in [0, 0.05) is 37.2 Å². The Bertz CT molecular complexity index is 115. The zero-order valence-corrected chi connectivity index (χ0v) is 7.70. The van der Waals surface area contributed by atoms with Crippen molar-refractivity contribution in [2.45, 2.75) is 12.5 Å². The zero-order chi connectivity index (χ0) is 7.52. The Hall–Kier alpha value is 0.270. The standard InChI is InChI=1S/C8H16N2S/c1-2-9-3-4-10-5-6-11-7-8(1)10/h8-9H,1-7H2.